The van der Waals surface area contributed by atoms with E-state index in [1.807, 2.05) is 25.1 Å². The Labute approximate surface area is 117 Å². The molecule has 100 valence electrons. The predicted octanol–water partition coefficient (Wildman–Crippen LogP) is 4.50. The summed E-state index contributed by atoms with van der Waals surface area (Å²) in [5.41, 5.74) is 6.45. The summed E-state index contributed by atoms with van der Waals surface area (Å²) in [5, 5.41) is 0.677. The third kappa shape index (κ3) is 3.80. The SMILES string of the molecule is CCCOc1cc(Oc2ccc(Cl)cc2)ccc1N. The van der Waals surface area contributed by atoms with E-state index in [2.05, 4.69) is 0 Å². The highest BCUT2D eigenvalue weighted by molar-refractivity contribution is 6.30. The van der Waals surface area contributed by atoms with Crippen LogP contribution in [0.25, 0.3) is 0 Å². The first-order valence-electron chi connectivity index (χ1n) is 6.15. The van der Waals surface area contributed by atoms with Crippen LogP contribution >= 0.6 is 11.6 Å². The van der Waals surface area contributed by atoms with Crippen molar-refractivity contribution in [1.29, 1.82) is 0 Å². The lowest BCUT2D eigenvalue weighted by molar-refractivity contribution is 0.317. The van der Waals surface area contributed by atoms with Gasteiger partial charge >= 0.3 is 0 Å². The minimum absolute atomic E-state index is 0.608. The summed E-state index contributed by atoms with van der Waals surface area (Å²) >= 11 is 5.83. The monoisotopic (exact) mass is 277 g/mol. The van der Waals surface area contributed by atoms with Gasteiger partial charge in [0, 0.05) is 11.1 Å². The first-order chi connectivity index (χ1) is 9.19. The largest absolute Gasteiger partial charge is 0.491 e. The summed E-state index contributed by atoms with van der Waals surface area (Å²) in [4.78, 5) is 0. The van der Waals surface area contributed by atoms with Gasteiger partial charge in [-0.15, -0.1) is 0 Å². The third-order valence-electron chi connectivity index (χ3n) is 2.50. The van der Waals surface area contributed by atoms with Gasteiger partial charge < -0.3 is 15.2 Å². The lowest BCUT2D eigenvalue weighted by Gasteiger charge is -2.11. The smallest absolute Gasteiger partial charge is 0.145 e. The van der Waals surface area contributed by atoms with Crippen LogP contribution in [0.1, 0.15) is 13.3 Å². The van der Waals surface area contributed by atoms with Gasteiger partial charge in [-0.1, -0.05) is 18.5 Å². The second kappa shape index (κ2) is 6.34. The molecule has 2 aromatic carbocycles. The van der Waals surface area contributed by atoms with Crippen molar-refractivity contribution in [3.63, 3.8) is 0 Å². The molecule has 2 aromatic rings. The van der Waals surface area contributed by atoms with E-state index in [9.17, 15) is 0 Å². The quantitative estimate of drug-likeness (QED) is 0.818. The van der Waals surface area contributed by atoms with Crippen molar-refractivity contribution in [2.45, 2.75) is 13.3 Å². The maximum atomic E-state index is 5.85. The fraction of sp³-hybridized carbons (Fsp3) is 0.200. The molecule has 0 bridgehead atoms. The van der Waals surface area contributed by atoms with E-state index in [1.54, 1.807) is 24.3 Å². The lowest BCUT2D eigenvalue weighted by atomic mass is 10.2. The van der Waals surface area contributed by atoms with Gasteiger partial charge in [-0.3, -0.25) is 0 Å². The first-order valence-corrected chi connectivity index (χ1v) is 6.52. The number of halogens is 1. The van der Waals surface area contributed by atoms with Gasteiger partial charge in [-0.05, 0) is 42.8 Å². The molecule has 0 spiro atoms. The van der Waals surface area contributed by atoms with Crippen molar-refractivity contribution in [2.75, 3.05) is 12.3 Å². The normalized spacial score (nSPS) is 10.2. The summed E-state index contributed by atoms with van der Waals surface area (Å²) < 4.78 is 11.3. The molecule has 0 aliphatic carbocycles. The van der Waals surface area contributed by atoms with E-state index in [4.69, 9.17) is 26.8 Å². The van der Waals surface area contributed by atoms with Crippen molar-refractivity contribution in [1.82, 2.24) is 0 Å². The van der Waals surface area contributed by atoms with Gasteiger partial charge in [0.05, 0.1) is 12.3 Å². The molecule has 0 aliphatic rings. The van der Waals surface area contributed by atoms with E-state index >= 15 is 0 Å². The predicted molar refractivity (Wildman–Crippen MR) is 78.2 cm³/mol. The zero-order valence-electron chi connectivity index (χ0n) is 10.7. The van der Waals surface area contributed by atoms with Gasteiger partial charge in [0.1, 0.15) is 17.2 Å². The molecule has 0 radical (unpaired) electrons. The second-order valence-corrected chi connectivity index (χ2v) is 4.54. The van der Waals surface area contributed by atoms with Gasteiger partial charge in [0.2, 0.25) is 0 Å². The van der Waals surface area contributed by atoms with E-state index in [0.29, 0.717) is 28.8 Å². The average Bonchev–Trinajstić information content (AvgIpc) is 2.42. The number of hydrogen-bond acceptors (Lipinski definition) is 3. The number of ether oxygens (including phenoxy) is 2. The number of benzene rings is 2. The van der Waals surface area contributed by atoms with Crippen LogP contribution < -0.4 is 15.2 Å². The summed E-state index contributed by atoms with van der Waals surface area (Å²) in [7, 11) is 0. The van der Waals surface area contributed by atoms with Gasteiger partial charge in [-0.2, -0.15) is 0 Å². The summed E-state index contributed by atoms with van der Waals surface area (Å²) in [5.74, 6) is 2.05. The minimum atomic E-state index is 0.608. The standard InChI is InChI=1S/C15H16ClNO2/c1-2-9-18-15-10-13(7-8-14(15)17)19-12-5-3-11(16)4-6-12/h3-8,10H,2,9,17H2,1H3. The second-order valence-electron chi connectivity index (χ2n) is 4.10. The Morgan fingerprint density at radius 2 is 1.74 bits per heavy atom. The molecule has 2 N–H and O–H groups in total. The molecule has 0 saturated carbocycles. The fourth-order valence-electron chi connectivity index (χ4n) is 1.55. The van der Waals surface area contributed by atoms with Crippen LogP contribution in [0.2, 0.25) is 5.02 Å². The number of rotatable bonds is 5. The van der Waals surface area contributed by atoms with Crippen LogP contribution in [0.5, 0.6) is 17.2 Å². The zero-order valence-corrected chi connectivity index (χ0v) is 11.5. The Hall–Kier alpha value is -1.87. The van der Waals surface area contributed by atoms with Crippen molar-refractivity contribution in [3.8, 4) is 17.2 Å². The maximum Gasteiger partial charge on any atom is 0.145 e. The number of anilines is 1. The molecule has 0 heterocycles. The zero-order chi connectivity index (χ0) is 13.7. The number of hydrogen-bond donors (Lipinski definition) is 1. The molecule has 2 rings (SSSR count). The van der Waals surface area contributed by atoms with E-state index in [0.717, 1.165) is 12.2 Å². The number of nitrogen functional groups attached to an aromatic ring is 1. The van der Waals surface area contributed by atoms with Gasteiger partial charge in [-0.25, -0.2) is 0 Å². The van der Waals surface area contributed by atoms with Crippen LogP contribution in [0, 0.1) is 0 Å². The molecule has 0 aromatic heterocycles. The van der Waals surface area contributed by atoms with Crippen LogP contribution in [0.4, 0.5) is 5.69 Å². The molecule has 0 atom stereocenters. The highest BCUT2D eigenvalue weighted by Gasteiger charge is 2.04. The van der Waals surface area contributed by atoms with Crippen LogP contribution in [-0.4, -0.2) is 6.61 Å². The van der Waals surface area contributed by atoms with E-state index in [1.165, 1.54) is 0 Å². The molecule has 19 heavy (non-hydrogen) atoms. The average molecular weight is 278 g/mol. The molecule has 4 heteroatoms. The number of nitrogens with two attached hydrogens (primary N) is 1. The summed E-state index contributed by atoms with van der Waals surface area (Å²) in [6, 6.07) is 12.6. The Bertz CT molecular complexity index is 540. The molecule has 0 unspecified atom stereocenters. The minimum Gasteiger partial charge on any atom is -0.491 e. The maximum absolute atomic E-state index is 5.85. The third-order valence-corrected chi connectivity index (χ3v) is 2.75. The van der Waals surface area contributed by atoms with Crippen LogP contribution in [0.15, 0.2) is 42.5 Å². The van der Waals surface area contributed by atoms with Crippen molar-refractivity contribution in [2.24, 2.45) is 0 Å². The molecule has 0 saturated heterocycles. The first kappa shape index (κ1) is 13.6. The molecule has 0 fully saturated rings. The van der Waals surface area contributed by atoms with Crippen molar-refractivity contribution < 1.29 is 9.47 Å². The molecule has 0 amide bonds. The van der Waals surface area contributed by atoms with E-state index in [-0.39, 0.29) is 0 Å². The Morgan fingerprint density at radius 1 is 1.05 bits per heavy atom. The molecular weight excluding hydrogens is 262 g/mol. The molecule has 3 nitrogen and oxygen atoms in total. The fourth-order valence-corrected chi connectivity index (χ4v) is 1.68. The van der Waals surface area contributed by atoms with Crippen LogP contribution in [-0.2, 0) is 0 Å². The molecular formula is C15H16ClNO2. The Morgan fingerprint density at radius 3 is 2.42 bits per heavy atom. The van der Waals surface area contributed by atoms with Crippen molar-refractivity contribution in [3.05, 3.63) is 47.5 Å². The van der Waals surface area contributed by atoms with Gasteiger partial charge in [0.25, 0.3) is 0 Å². The topological polar surface area (TPSA) is 44.5 Å². The van der Waals surface area contributed by atoms with Crippen molar-refractivity contribution >= 4 is 17.3 Å². The highest BCUT2D eigenvalue weighted by atomic mass is 35.5. The van der Waals surface area contributed by atoms with Crippen LogP contribution in [0.3, 0.4) is 0 Å². The Balaban J connectivity index is 2.14. The van der Waals surface area contributed by atoms with E-state index < -0.39 is 0 Å². The summed E-state index contributed by atoms with van der Waals surface area (Å²) in [6.45, 7) is 2.68. The summed E-state index contributed by atoms with van der Waals surface area (Å²) in [6.07, 6.45) is 0.932. The lowest BCUT2D eigenvalue weighted by Crippen LogP contribution is -1.99. The molecule has 0 aliphatic heterocycles. The Kier molecular flexibility index (Phi) is 4.53. The highest BCUT2D eigenvalue weighted by Crippen LogP contribution is 2.30. The van der Waals surface area contributed by atoms with Gasteiger partial charge in [0.15, 0.2) is 0 Å².